The van der Waals surface area contributed by atoms with Crippen LogP contribution in [0, 0.1) is 5.82 Å². The number of fused-ring (bicyclic) bond motifs is 1. The van der Waals surface area contributed by atoms with Gasteiger partial charge in [0.2, 0.25) is 0 Å². The highest BCUT2D eigenvalue weighted by atomic mass is 19.1. The van der Waals surface area contributed by atoms with Crippen molar-refractivity contribution in [1.29, 1.82) is 0 Å². The van der Waals surface area contributed by atoms with Gasteiger partial charge in [0.25, 0.3) is 0 Å². The van der Waals surface area contributed by atoms with Gasteiger partial charge in [0.15, 0.2) is 0 Å². The lowest BCUT2D eigenvalue weighted by Crippen LogP contribution is -2.29. The summed E-state index contributed by atoms with van der Waals surface area (Å²) in [6.45, 7) is 8.45. The van der Waals surface area contributed by atoms with Crippen molar-refractivity contribution in [2.75, 3.05) is 13.1 Å². The Kier molecular flexibility index (Phi) is 2.86. The molecule has 1 N–H and O–H groups in total. The first-order valence-electron chi connectivity index (χ1n) is 6.90. The quantitative estimate of drug-likeness (QED) is 0.900. The number of nitrogens with one attached hydrogen (secondary N) is 1. The van der Waals surface area contributed by atoms with E-state index in [0.29, 0.717) is 0 Å². The fourth-order valence-electron chi connectivity index (χ4n) is 3.02. The Morgan fingerprint density at radius 1 is 1.42 bits per heavy atom. The average molecular weight is 261 g/mol. The molecule has 0 saturated carbocycles. The second-order valence-corrected chi connectivity index (χ2v) is 6.02. The van der Waals surface area contributed by atoms with Crippen LogP contribution in [-0.4, -0.2) is 22.6 Å². The Labute approximate surface area is 112 Å². The number of rotatable bonds is 2. The monoisotopic (exact) mass is 261 g/mol. The molecule has 1 unspecified atom stereocenters. The van der Waals surface area contributed by atoms with E-state index >= 15 is 0 Å². The summed E-state index contributed by atoms with van der Waals surface area (Å²) in [4.78, 5) is 4.79. The topological polar surface area (TPSA) is 29.9 Å². The largest absolute Gasteiger partial charge is 0.325 e. The first kappa shape index (κ1) is 12.6. The molecule has 1 saturated heterocycles. The smallest absolute Gasteiger partial charge is 0.125 e. The number of hydrogen-bond acceptors (Lipinski definition) is 2. The SMILES string of the molecule is CC(C)n1c(C2(C)CCNC2)nc2ccc(F)cc21. The van der Waals surface area contributed by atoms with Gasteiger partial charge in [-0.15, -0.1) is 0 Å². The van der Waals surface area contributed by atoms with Crippen LogP contribution in [0.4, 0.5) is 4.39 Å². The molecule has 0 aliphatic carbocycles. The number of nitrogens with zero attached hydrogens (tertiary/aromatic N) is 2. The molecule has 102 valence electrons. The molecule has 3 nitrogen and oxygen atoms in total. The fraction of sp³-hybridized carbons (Fsp3) is 0.533. The zero-order valence-corrected chi connectivity index (χ0v) is 11.7. The number of aromatic nitrogens is 2. The van der Waals surface area contributed by atoms with Gasteiger partial charge in [-0.3, -0.25) is 0 Å². The van der Waals surface area contributed by atoms with E-state index in [1.807, 2.05) is 0 Å². The van der Waals surface area contributed by atoms with Gasteiger partial charge in [-0.1, -0.05) is 6.92 Å². The third-order valence-corrected chi connectivity index (χ3v) is 4.08. The van der Waals surface area contributed by atoms with E-state index in [0.717, 1.165) is 36.4 Å². The predicted molar refractivity (Wildman–Crippen MR) is 74.9 cm³/mol. The molecule has 4 heteroatoms. The van der Waals surface area contributed by atoms with Crippen LogP contribution >= 0.6 is 0 Å². The molecular formula is C15H20FN3. The third-order valence-electron chi connectivity index (χ3n) is 4.08. The number of benzene rings is 1. The number of hydrogen-bond donors (Lipinski definition) is 1. The zero-order chi connectivity index (χ0) is 13.6. The standard InChI is InChI=1S/C15H20FN3/c1-10(2)19-13-8-11(16)4-5-12(13)18-14(19)15(3)6-7-17-9-15/h4-5,8,10,17H,6-7,9H2,1-3H3. The van der Waals surface area contributed by atoms with E-state index in [-0.39, 0.29) is 17.3 Å². The normalized spacial score (nSPS) is 23.6. The van der Waals surface area contributed by atoms with Gasteiger partial charge >= 0.3 is 0 Å². The van der Waals surface area contributed by atoms with Gasteiger partial charge in [-0.05, 0) is 45.0 Å². The second-order valence-electron chi connectivity index (χ2n) is 6.02. The summed E-state index contributed by atoms with van der Waals surface area (Å²) in [5, 5.41) is 3.41. The predicted octanol–water partition coefficient (Wildman–Crippen LogP) is 3.01. The lowest BCUT2D eigenvalue weighted by atomic mass is 9.88. The molecule has 1 aliphatic rings. The first-order valence-corrected chi connectivity index (χ1v) is 6.90. The van der Waals surface area contributed by atoms with Crippen LogP contribution in [-0.2, 0) is 5.41 Å². The summed E-state index contributed by atoms with van der Waals surface area (Å²) in [7, 11) is 0. The van der Waals surface area contributed by atoms with E-state index in [4.69, 9.17) is 4.98 Å². The fourth-order valence-corrected chi connectivity index (χ4v) is 3.02. The van der Waals surface area contributed by atoms with Gasteiger partial charge in [0.1, 0.15) is 11.6 Å². The van der Waals surface area contributed by atoms with Gasteiger partial charge in [0, 0.05) is 18.0 Å². The highest BCUT2D eigenvalue weighted by Crippen LogP contribution is 2.34. The molecule has 1 fully saturated rings. The van der Waals surface area contributed by atoms with E-state index < -0.39 is 0 Å². The molecule has 1 aromatic heterocycles. The van der Waals surface area contributed by atoms with E-state index in [1.165, 1.54) is 6.07 Å². The molecule has 1 atom stereocenters. The first-order chi connectivity index (χ1) is 9.01. The molecule has 19 heavy (non-hydrogen) atoms. The van der Waals surface area contributed by atoms with E-state index in [1.54, 1.807) is 12.1 Å². The van der Waals surface area contributed by atoms with Crippen molar-refractivity contribution in [1.82, 2.24) is 14.9 Å². The summed E-state index contributed by atoms with van der Waals surface area (Å²) in [6, 6.07) is 5.13. The average Bonchev–Trinajstić information content (AvgIpc) is 2.93. The van der Waals surface area contributed by atoms with Crippen molar-refractivity contribution in [2.45, 2.75) is 38.6 Å². The number of halogens is 1. The molecule has 1 aromatic carbocycles. The van der Waals surface area contributed by atoms with Crippen LogP contribution in [0.5, 0.6) is 0 Å². The van der Waals surface area contributed by atoms with Gasteiger partial charge in [-0.25, -0.2) is 9.37 Å². The van der Waals surface area contributed by atoms with Gasteiger partial charge in [0.05, 0.1) is 11.0 Å². The summed E-state index contributed by atoms with van der Waals surface area (Å²) >= 11 is 0. The summed E-state index contributed by atoms with van der Waals surface area (Å²) < 4.78 is 15.7. The van der Waals surface area contributed by atoms with Gasteiger partial charge in [-0.2, -0.15) is 0 Å². The minimum Gasteiger partial charge on any atom is -0.325 e. The maximum atomic E-state index is 13.5. The minimum atomic E-state index is -0.199. The Bertz CT molecular complexity index is 609. The Morgan fingerprint density at radius 2 is 2.21 bits per heavy atom. The van der Waals surface area contributed by atoms with Crippen LogP contribution in [0.25, 0.3) is 11.0 Å². The molecule has 0 spiro atoms. The van der Waals surface area contributed by atoms with E-state index in [2.05, 4.69) is 30.7 Å². The Hall–Kier alpha value is -1.42. The summed E-state index contributed by atoms with van der Waals surface area (Å²) in [5.74, 6) is 0.878. The van der Waals surface area contributed by atoms with Crippen LogP contribution in [0.15, 0.2) is 18.2 Å². The van der Waals surface area contributed by atoms with Crippen molar-refractivity contribution in [2.24, 2.45) is 0 Å². The minimum absolute atomic E-state index is 0.0414. The van der Waals surface area contributed by atoms with Crippen molar-refractivity contribution in [3.63, 3.8) is 0 Å². The van der Waals surface area contributed by atoms with Gasteiger partial charge < -0.3 is 9.88 Å². The lowest BCUT2D eigenvalue weighted by Gasteiger charge is -2.25. The highest BCUT2D eigenvalue weighted by molar-refractivity contribution is 5.76. The maximum absolute atomic E-state index is 13.5. The molecule has 2 heterocycles. The molecule has 3 rings (SSSR count). The third kappa shape index (κ3) is 1.94. The van der Waals surface area contributed by atoms with Crippen LogP contribution < -0.4 is 5.32 Å². The van der Waals surface area contributed by atoms with Crippen molar-refractivity contribution in [3.05, 3.63) is 29.8 Å². The molecule has 1 aliphatic heterocycles. The van der Waals surface area contributed by atoms with Crippen molar-refractivity contribution in [3.8, 4) is 0 Å². The zero-order valence-electron chi connectivity index (χ0n) is 11.7. The Morgan fingerprint density at radius 3 is 2.84 bits per heavy atom. The second kappa shape index (κ2) is 4.30. The summed E-state index contributed by atoms with van der Waals surface area (Å²) in [5.41, 5.74) is 1.83. The molecule has 0 amide bonds. The molecular weight excluding hydrogens is 241 g/mol. The van der Waals surface area contributed by atoms with E-state index in [9.17, 15) is 4.39 Å². The summed E-state index contributed by atoms with van der Waals surface area (Å²) in [6.07, 6.45) is 1.07. The molecule has 0 radical (unpaired) electrons. The van der Waals surface area contributed by atoms with Crippen LogP contribution in [0.1, 0.15) is 39.1 Å². The van der Waals surface area contributed by atoms with Crippen LogP contribution in [0.2, 0.25) is 0 Å². The van der Waals surface area contributed by atoms with Crippen molar-refractivity contribution < 1.29 is 4.39 Å². The van der Waals surface area contributed by atoms with Crippen LogP contribution in [0.3, 0.4) is 0 Å². The Balaban J connectivity index is 2.26. The lowest BCUT2D eigenvalue weighted by molar-refractivity contribution is 0.442. The highest BCUT2D eigenvalue weighted by Gasteiger charge is 2.36. The molecule has 2 aromatic rings. The van der Waals surface area contributed by atoms with Crippen molar-refractivity contribution >= 4 is 11.0 Å². The number of imidazole rings is 1. The maximum Gasteiger partial charge on any atom is 0.125 e. The molecule has 0 bridgehead atoms.